The number of aliphatic hydroxyl groups is 1. The summed E-state index contributed by atoms with van der Waals surface area (Å²) in [5.74, 6) is -0.138. The van der Waals surface area contributed by atoms with Gasteiger partial charge in [-0.1, -0.05) is 30.3 Å². The smallest absolute Gasteiger partial charge is 0.239 e. The number of nitrogens with one attached hydrogen (secondary N) is 1. The van der Waals surface area contributed by atoms with E-state index in [4.69, 9.17) is 0 Å². The van der Waals surface area contributed by atoms with Crippen molar-refractivity contribution in [2.45, 2.75) is 57.1 Å². The Kier molecular flexibility index (Phi) is 6.06. The summed E-state index contributed by atoms with van der Waals surface area (Å²) in [7, 11) is 4.29. The zero-order chi connectivity index (χ0) is 21.3. The first-order valence-corrected chi connectivity index (χ1v) is 10.6. The van der Waals surface area contributed by atoms with Crippen molar-refractivity contribution in [1.82, 2.24) is 15.1 Å². The van der Waals surface area contributed by atoms with Crippen LogP contribution in [0.1, 0.15) is 51.5 Å². The monoisotopic (exact) mass is 401 g/mol. The molecule has 0 unspecified atom stereocenters. The van der Waals surface area contributed by atoms with Crippen LogP contribution in [0.25, 0.3) is 0 Å². The molecule has 1 aliphatic heterocycles. The van der Waals surface area contributed by atoms with E-state index in [0.717, 1.165) is 25.7 Å². The Hall–Kier alpha value is -1.92. The van der Waals surface area contributed by atoms with Gasteiger partial charge in [-0.3, -0.25) is 14.5 Å². The lowest BCUT2D eigenvalue weighted by Crippen LogP contribution is -2.48. The van der Waals surface area contributed by atoms with E-state index in [2.05, 4.69) is 48.6 Å². The summed E-state index contributed by atoms with van der Waals surface area (Å²) < 4.78 is 0. The molecule has 2 N–H and O–H groups in total. The van der Waals surface area contributed by atoms with Crippen LogP contribution in [0, 0.1) is 5.41 Å². The number of benzene rings is 1. The van der Waals surface area contributed by atoms with Crippen LogP contribution in [-0.4, -0.2) is 66.1 Å². The molecule has 160 valence electrons. The van der Waals surface area contributed by atoms with E-state index in [1.165, 1.54) is 5.56 Å². The van der Waals surface area contributed by atoms with Gasteiger partial charge in [-0.2, -0.15) is 0 Å². The Bertz CT molecular complexity index is 731. The summed E-state index contributed by atoms with van der Waals surface area (Å²) in [4.78, 5) is 28.9. The second kappa shape index (κ2) is 8.07. The van der Waals surface area contributed by atoms with Crippen molar-refractivity contribution in [1.29, 1.82) is 0 Å². The van der Waals surface area contributed by atoms with E-state index in [-0.39, 0.29) is 35.9 Å². The summed E-state index contributed by atoms with van der Waals surface area (Å²) in [5, 5.41) is 12.5. The molecule has 1 aromatic rings. The minimum atomic E-state index is -0.956. The lowest BCUT2D eigenvalue weighted by molar-refractivity contribution is -0.133. The molecule has 1 aliphatic carbocycles. The summed E-state index contributed by atoms with van der Waals surface area (Å²) in [6.07, 6.45) is 4.51. The minimum Gasteiger partial charge on any atom is -0.389 e. The second-order valence-corrected chi connectivity index (χ2v) is 9.81. The number of hydrogen-bond acceptors (Lipinski definition) is 4. The van der Waals surface area contributed by atoms with Crippen LogP contribution in [0.2, 0.25) is 0 Å². The number of rotatable bonds is 6. The van der Waals surface area contributed by atoms with Gasteiger partial charge in [-0.25, -0.2) is 0 Å². The molecule has 0 aromatic heterocycles. The molecule has 1 heterocycles. The summed E-state index contributed by atoms with van der Waals surface area (Å²) in [6.45, 7) is 4.21. The minimum absolute atomic E-state index is 0.00701. The Balaban J connectivity index is 1.63. The highest BCUT2D eigenvalue weighted by Gasteiger charge is 2.50. The third kappa shape index (κ3) is 4.81. The van der Waals surface area contributed by atoms with Crippen molar-refractivity contribution >= 4 is 11.8 Å². The van der Waals surface area contributed by atoms with E-state index in [1.807, 2.05) is 6.07 Å². The molecule has 29 heavy (non-hydrogen) atoms. The first kappa shape index (κ1) is 21.8. The standard InChI is InChI=1S/C23H35N3O3/c1-21(2,29)16-24-19(27)15-26-17-22(14-20(26)28)10-12-23(13-11-22,25(3)4)18-8-6-5-7-9-18/h5-9,29H,10-17H2,1-4H3,(H,24,27). The maximum Gasteiger partial charge on any atom is 0.239 e. The normalized spacial score (nSPS) is 27.7. The number of nitrogens with zero attached hydrogens (tertiary/aromatic N) is 2. The van der Waals surface area contributed by atoms with Crippen molar-refractivity contribution in [2.75, 3.05) is 33.7 Å². The van der Waals surface area contributed by atoms with Crippen molar-refractivity contribution in [3.8, 4) is 0 Å². The van der Waals surface area contributed by atoms with Crippen molar-refractivity contribution < 1.29 is 14.7 Å². The van der Waals surface area contributed by atoms with Crippen molar-refractivity contribution in [2.24, 2.45) is 5.41 Å². The van der Waals surface area contributed by atoms with E-state index in [0.29, 0.717) is 13.0 Å². The van der Waals surface area contributed by atoms with Crippen molar-refractivity contribution in [3.63, 3.8) is 0 Å². The maximum absolute atomic E-state index is 12.6. The fraction of sp³-hybridized carbons (Fsp3) is 0.652. The van der Waals surface area contributed by atoms with E-state index < -0.39 is 5.60 Å². The van der Waals surface area contributed by atoms with Crippen LogP contribution < -0.4 is 5.32 Å². The molecule has 3 rings (SSSR count). The topological polar surface area (TPSA) is 72.9 Å². The molecular formula is C23H35N3O3. The van der Waals surface area contributed by atoms with Crippen LogP contribution >= 0.6 is 0 Å². The number of carbonyl (C=O) groups is 2. The third-order valence-corrected chi connectivity index (χ3v) is 6.76. The lowest BCUT2D eigenvalue weighted by Gasteiger charge is -2.48. The Morgan fingerprint density at radius 1 is 1.17 bits per heavy atom. The molecule has 0 atom stereocenters. The van der Waals surface area contributed by atoms with Gasteiger partial charge in [0.1, 0.15) is 0 Å². The highest BCUT2D eigenvalue weighted by atomic mass is 16.3. The quantitative estimate of drug-likeness (QED) is 0.766. The van der Waals surface area contributed by atoms with Crippen LogP contribution in [0.4, 0.5) is 0 Å². The van der Waals surface area contributed by atoms with Gasteiger partial charge in [0, 0.05) is 25.0 Å². The molecule has 1 spiro atoms. The SMILES string of the molecule is CN(C)C1(c2ccccc2)CCC2(CC1)CC(=O)N(CC(=O)NCC(C)(C)O)C2. The first-order valence-electron chi connectivity index (χ1n) is 10.6. The molecule has 2 aliphatic rings. The van der Waals surface area contributed by atoms with E-state index >= 15 is 0 Å². The lowest BCUT2D eigenvalue weighted by atomic mass is 9.64. The van der Waals surface area contributed by atoms with Gasteiger partial charge in [0.05, 0.1) is 12.1 Å². The first-order chi connectivity index (χ1) is 13.6. The van der Waals surface area contributed by atoms with Crippen molar-refractivity contribution in [3.05, 3.63) is 35.9 Å². The number of carbonyl (C=O) groups excluding carboxylic acids is 2. The summed E-state index contributed by atoms with van der Waals surface area (Å²) in [5.41, 5.74) is 0.365. The highest BCUT2D eigenvalue weighted by Crippen LogP contribution is 2.52. The van der Waals surface area contributed by atoms with Gasteiger partial charge in [0.2, 0.25) is 11.8 Å². The Morgan fingerprint density at radius 3 is 2.34 bits per heavy atom. The van der Waals surface area contributed by atoms with E-state index in [9.17, 15) is 14.7 Å². The average molecular weight is 402 g/mol. The van der Waals surface area contributed by atoms with Crippen LogP contribution in [0.5, 0.6) is 0 Å². The number of amides is 2. The van der Waals surface area contributed by atoms with Gasteiger partial charge in [-0.05, 0) is 64.6 Å². The molecular weight excluding hydrogens is 366 g/mol. The van der Waals surface area contributed by atoms with Gasteiger partial charge in [0.15, 0.2) is 0 Å². The predicted molar refractivity (Wildman–Crippen MR) is 113 cm³/mol. The zero-order valence-corrected chi connectivity index (χ0v) is 18.2. The van der Waals surface area contributed by atoms with Crippen LogP contribution in [-0.2, 0) is 15.1 Å². The average Bonchev–Trinajstić information content (AvgIpc) is 2.96. The van der Waals surface area contributed by atoms with Gasteiger partial charge >= 0.3 is 0 Å². The fourth-order valence-corrected chi connectivity index (χ4v) is 4.94. The molecule has 0 radical (unpaired) electrons. The zero-order valence-electron chi connectivity index (χ0n) is 18.2. The van der Waals surface area contributed by atoms with Gasteiger partial charge in [0.25, 0.3) is 0 Å². The Labute approximate surface area is 174 Å². The summed E-state index contributed by atoms with van der Waals surface area (Å²) in [6, 6.07) is 10.7. The molecule has 1 saturated heterocycles. The fourth-order valence-electron chi connectivity index (χ4n) is 4.94. The largest absolute Gasteiger partial charge is 0.389 e. The van der Waals surface area contributed by atoms with Gasteiger partial charge < -0.3 is 15.3 Å². The molecule has 0 bridgehead atoms. The number of hydrogen-bond donors (Lipinski definition) is 2. The third-order valence-electron chi connectivity index (χ3n) is 6.76. The van der Waals surface area contributed by atoms with Crippen LogP contribution in [0.3, 0.4) is 0 Å². The maximum atomic E-state index is 12.6. The van der Waals surface area contributed by atoms with Gasteiger partial charge in [-0.15, -0.1) is 0 Å². The predicted octanol–water partition coefficient (Wildman–Crippen LogP) is 2.12. The molecule has 6 heteroatoms. The number of likely N-dealkylation sites (tertiary alicyclic amines) is 1. The second-order valence-electron chi connectivity index (χ2n) is 9.81. The molecule has 2 fully saturated rings. The molecule has 1 aromatic carbocycles. The molecule has 2 amide bonds. The molecule has 1 saturated carbocycles. The summed E-state index contributed by atoms with van der Waals surface area (Å²) >= 11 is 0. The molecule has 6 nitrogen and oxygen atoms in total. The van der Waals surface area contributed by atoms with Crippen LogP contribution in [0.15, 0.2) is 30.3 Å². The Morgan fingerprint density at radius 2 is 1.79 bits per heavy atom. The highest BCUT2D eigenvalue weighted by molar-refractivity contribution is 5.86. The van der Waals surface area contributed by atoms with E-state index in [1.54, 1.807) is 18.7 Å².